The molecule has 1 aliphatic carbocycles. The SMILES string of the molecule is CC1CCCCN1S(=O)(=O)NC1C2CNCC21. The second kappa shape index (κ2) is 4.19. The van der Waals surface area contributed by atoms with Crippen molar-refractivity contribution in [1.29, 1.82) is 0 Å². The van der Waals surface area contributed by atoms with E-state index in [1.165, 1.54) is 0 Å². The number of piperidine rings is 2. The molecule has 2 heterocycles. The summed E-state index contributed by atoms with van der Waals surface area (Å²) in [5.74, 6) is 1.06. The zero-order valence-corrected chi connectivity index (χ0v) is 11.0. The minimum atomic E-state index is -3.26. The summed E-state index contributed by atoms with van der Waals surface area (Å²) >= 11 is 0. The van der Waals surface area contributed by atoms with Crippen LogP contribution in [-0.4, -0.2) is 44.4 Å². The van der Waals surface area contributed by atoms with Crippen LogP contribution in [0.5, 0.6) is 0 Å². The molecular formula is C11H21N3O2S. The third kappa shape index (κ3) is 2.12. The van der Waals surface area contributed by atoms with Gasteiger partial charge in [0.1, 0.15) is 0 Å². The molecule has 6 heteroatoms. The average molecular weight is 259 g/mol. The number of nitrogens with one attached hydrogen (secondary N) is 2. The second-order valence-corrected chi connectivity index (χ2v) is 7.25. The highest BCUT2D eigenvalue weighted by Gasteiger charge is 2.55. The zero-order valence-electron chi connectivity index (χ0n) is 10.2. The Labute approximate surface area is 103 Å². The summed E-state index contributed by atoms with van der Waals surface area (Å²) < 4.78 is 29.1. The first-order chi connectivity index (χ1) is 8.09. The van der Waals surface area contributed by atoms with Gasteiger partial charge in [0.2, 0.25) is 0 Å². The molecule has 0 bridgehead atoms. The van der Waals surface area contributed by atoms with E-state index in [1.54, 1.807) is 4.31 Å². The summed E-state index contributed by atoms with van der Waals surface area (Å²) in [5, 5.41) is 3.28. The van der Waals surface area contributed by atoms with Gasteiger partial charge in [0.15, 0.2) is 0 Å². The molecule has 0 aromatic carbocycles. The summed E-state index contributed by atoms with van der Waals surface area (Å²) in [6.07, 6.45) is 3.12. The molecule has 0 radical (unpaired) electrons. The van der Waals surface area contributed by atoms with Gasteiger partial charge >= 0.3 is 0 Å². The molecule has 0 aromatic rings. The Morgan fingerprint density at radius 2 is 1.94 bits per heavy atom. The molecule has 2 N–H and O–H groups in total. The highest BCUT2D eigenvalue weighted by molar-refractivity contribution is 7.87. The highest BCUT2D eigenvalue weighted by Crippen LogP contribution is 2.42. The third-order valence-corrected chi connectivity index (χ3v) is 6.16. The van der Waals surface area contributed by atoms with Crippen molar-refractivity contribution in [3.63, 3.8) is 0 Å². The molecule has 5 nitrogen and oxygen atoms in total. The maximum absolute atomic E-state index is 12.3. The van der Waals surface area contributed by atoms with Crippen LogP contribution in [0.4, 0.5) is 0 Å². The Kier molecular flexibility index (Phi) is 2.93. The lowest BCUT2D eigenvalue weighted by Crippen LogP contribution is -2.49. The van der Waals surface area contributed by atoms with Gasteiger partial charge in [0.05, 0.1) is 0 Å². The van der Waals surface area contributed by atoms with Crippen molar-refractivity contribution in [1.82, 2.24) is 14.3 Å². The van der Waals surface area contributed by atoms with Crippen LogP contribution in [0, 0.1) is 11.8 Å². The maximum Gasteiger partial charge on any atom is 0.279 e. The van der Waals surface area contributed by atoms with Crippen LogP contribution >= 0.6 is 0 Å². The smallest absolute Gasteiger partial charge is 0.279 e. The van der Waals surface area contributed by atoms with Crippen molar-refractivity contribution in [2.24, 2.45) is 11.8 Å². The lowest BCUT2D eigenvalue weighted by atomic mass is 10.1. The number of hydrogen-bond donors (Lipinski definition) is 2. The lowest BCUT2D eigenvalue weighted by molar-refractivity contribution is 0.264. The van der Waals surface area contributed by atoms with E-state index >= 15 is 0 Å². The molecule has 3 unspecified atom stereocenters. The van der Waals surface area contributed by atoms with E-state index < -0.39 is 10.2 Å². The standard InChI is InChI=1S/C11H21N3O2S/c1-8-4-2-3-5-14(8)17(15,16)13-11-9-6-12-7-10(9)11/h8-13H,2-7H2,1H3. The van der Waals surface area contributed by atoms with E-state index in [1.807, 2.05) is 6.92 Å². The van der Waals surface area contributed by atoms with Gasteiger partial charge in [-0.15, -0.1) is 0 Å². The predicted molar refractivity (Wildman–Crippen MR) is 65.7 cm³/mol. The minimum Gasteiger partial charge on any atom is -0.316 e. The topological polar surface area (TPSA) is 61.4 Å². The maximum atomic E-state index is 12.3. The monoisotopic (exact) mass is 259 g/mol. The normalized spacial score (nSPS) is 42.4. The Morgan fingerprint density at radius 3 is 2.59 bits per heavy atom. The molecule has 17 heavy (non-hydrogen) atoms. The number of rotatable bonds is 3. The highest BCUT2D eigenvalue weighted by atomic mass is 32.2. The van der Waals surface area contributed by atoms with E-state index in [0.29, 0.717) is 18.4 Å². The van der Waals surface area contributed by atoms with Gasteiger partial charge in [0, 0.05) is 18.6 Å². The van der Waals surface area contributed by atoms with E-state index in [2.05, 4.69) is 10.0 Å². The molecule has 1 saturated carbocycles. The van der Waals surface area contributed by atoms with Crippen molar-refractivity contribution >= 4 is 10.2 Å². The van der Waals surface area contributed by atoms with Crippen molar-refractivity contribution in [2.45, 2.75) is 38.3 Å². The Bertz CT molecular complexity index is 388. The third-order valence-electron chi connectivity index (χ3n) is 4.43. The molecule has 2 saturated heterocycles. The molecule has 2 aliphatic heterocycles. The number of fused-ring (bicyclic) bond motifs is 1. The number of hydrogen-bond acceptors (Lipinski definition) is 3. The fraction of sp³-hybridized carbons (Fsp3) is 1.00. The van der Waals surface area contributed by atoms with Crippen LogP contribution in [-0.2, 0) is 10.2 Å². The van der Waals surface area contributed by atoms with E-state index in [9.17, 15) is 8.42 Å². The van der Waals surface area contributed by atoms with Gasteiger partial charge in [-0.3, -0.25) is 0 Å². The first-order valence-electron chi connectivity index (χ1n) is 6.59. The molecule has 3 fully saturated rings. The summed E-state index contributed by atoms with van der Waals surface area (Å²) in [6.45, 7) is 4.62. The molecule has 98 valence electrons. The Hall–Kier alpha value is -0.170. The lowest BCUT2D eigenvalue weighted by Gasteiger charge is -2.32. The first-order valence-corrected chi connectivity index (χ1v) is 8.03. The second-order valence-electron chi connectivity index (χ2n) is 5.59. The van der Waals surface area contributed by atoms with Crippen LogP contribution in [0.15, 0.2) is 0 Å². The van der Waals surface area contributed by atoms with Gasteiger partial charge in [-0.05, 0) is 44.7 Å². The van der Waals surface area contributed by atoms with Crippen molar-refractivity contribution < 1.29 is 8.42 Å². The summed E-state index contributed by atoms with van der Waals surface area (Å²) in [4.78, 5) is 0. The molecule has 0 aromatic heterocycles. The van der Waals surface area contributed by atoms with Gasteiger partial charge in [-0.2, -0.15) is 17.4 Å². The summed E-state index contributed by atoms with van der Waals surface area (Å²) in [6, 6.07) is 0.341. The van der Waals surface area contributed by atoms with Crippen LogP contribution < -0.4 is 10.0 Å². The van der Waals surface area contributed by atoms with Crippen LogP contribution in [0.25, 0.3) is 0 Å². The van der Waals surface area contributed by atoms with Gasteiger partial charge in [0.25, 0.3) is 10.2 Å². The Balaban J connectivity index is 1.64. The molecule has 3 atom stereocenters. The molecule has 0 amide bonds. The van der Waals surface area contributed by atoms with E-state index in [-0.39, 0.29) is 12.1 Å². The molecule has 3 aliphatic rings. The first kappa shape index (κ1) is 11.9. The van der Waals surface area contributed by atoms with Crippen LogP contribution in [0.3, 0.4) is 0 Å². The van der Waals surface area contributed by atoms with E-state index in [4.69, 9.17) is 0 Å². The van der Waals surface area contributed by atoms with Gasteiger partial charge in [-0.25, -0.2) is 0 Å². The molecule has 3 rings (SSSR count). The fourth-order valence-electron chi connectivity index (χ4n) is 3.26. The Morgan fingerprint density at radius 1 is 1.24 bits per heavy atom. The summed E-state index contributed by atoms with van der Waals surface area (Å²) in [7, 11) is -3.26. The van der Waals surface area contributed by atoms with E-state index in [0.717, 1.165) is 32.4 Å². The van der Waals surface area contributed by atoms with Crippen LogP contribution in [0.2, 0.25) is 0 Å². The minimum absolute atomic E-state index is 0.151. The average Bonchev–Trinajstić information content (AvgIpc) is 2.75. The van der Waals surface area contributed by atoms with Gasteiger partial charge < -0.3 is 5.32 Å². The van der Waals surface area contributed by atoms with Crippen molar-refractivity contribution in [3.8, 4) is 0 Å². The fourth-order valence-corrected chi connectivity index (χ4v) is 5.04. The van der Waals surface area contributed by atoms with Crippen molar-refractivity contribution in [2.75, 3.05) is 19.6 Å². The summed E-state index contributed by atoms with van der Waals surface area (Å²) in [5.41, 5.74) is 0. The number of nitrogens with zero attached hydrogens (tertiary/aromatic N) is 1. The predicted octanol–water partition coefficient (Wildman–Crippen LogP) is -0.0870. The zero-order chi connectivity index (χ0) is 12.0. The molecular weight excluding hydrogens is 238 g/mol. The molecule has 0 spiro atoms. The van der Waals surface area contributed by atoms with Crippen molar-refractivity contribution in [3.05, 3.63) is 0 Å². The van der Waals surface area contributed by atoms with Gasteiger partial charge in [-0.1, -0.05) is 6.42 Å². The quantitative estimate of drug-likeness (QED) is 0.745. The van der Waals surface area contributed by atoms with Crippen LogP contribution in [0.1, 0.15) is 26.2 Å². The largest absolute Gasteiger partial charge is 0.316 e.